The van der Waals surface area contributed by atoms with Crippen molar-refractivity contribution in [1.82, 2.24) is 9.80 Å². The van der Waals surface area contributed by atoms with Crippen LogP contribution < -0.4 is 4.74 Å². The summed E-state index contributed by atoms with van der Waals surface area (Å²) in [7, 11) is 1.52. The smallest absolute Gasteiger partial charge is 0.323 e. The van der Waals surface area contributed by atoms with Gasteiger partial charge in [0.15, 0.2) is 0 Å². The molecule has 0 aromatic heterocycles. The van der Waals surface area contributed by atoms with Gasteiger partial charge in [0.1, 0.15) is 18.3 Å². The molecule has 1 N–H and O–H groups in total. The van der Waals surface area contributed by atoms with Crippen molar-refractivity contribution in [2.45, 2.75) is 19.9 Å². The Kier molecular flexibility index (Phi) is 6.20. The molecule has 0 bridgehead atoms. The summed E-state index contributed by atoms with van der Waals surface area (Å²) in [6, 6.07) is 14.8. The van der Waals surface area contributed by atoms with Crippen LogP contribution in [0.3, 0.4) is 0 Å². The number of nitrogens with zero attached hydrogens (tertiary/aromatic N) is 2. The largest absolute Gasteiger partial charge is 0.497 e. The molecule has 2 aromatic carbocycles. The molecule has 0 fully saturated rings. The van der Waals surface area contributed by atoms with E-state index in [1.54, 1.807) is 54.7 Å². The van der Waals surface area contributed by atoms with Crippen LogP contribution in [0.25, 0.3) is 5.70 Å². The minimum atomic E-state index is -1.14. The van der Waals surface area contributed by atoms with Crippen LogP contribution in [0.4, 0.5) is 0 Å². The molecule has 30 heavy (non-hydrogen) atoms. The van der Waals surface area contributed by atoms with E-state index in [2.05, 4.69) is 0 Å². The van der Waals surface area contributed by atoms with Gasteiger partial charge in [-0.25, -0.2) is 0 Å². The maximum Gasteiger partial charge on any atom is 0.323 e. The summed E-state index contributed by atoms with van der Waals surface area (Å²) in [5, 5.41) is 9.40. The van der Waals surface area contributed by atoms with E-state index in [1.807, 2.05) is 19.9 Å². The van der Waals surface area contributed by atoms with Crippen molar-refractivity contribution in [3.8, 4) is 5.75 Å². The number of methoxy groups -OCH3 is 1. The average Bonchev–Trinajstić information content (AvgIpc) is 2.74. The summed E-state index contributed by atoms with van der Waals surface area (Å²) in [6.45, 7) is 3.16. The predicted molar refractivity (Wildman–Crippen MR) is 112 cm³/mol. The van der Waals surface area contributed by atoms with Gasteiger partial charge < -0.3 is 14.7 Å². The molecular weight excluding hydrogens is 384 g/mol. The van der Waals surface area contributed by atoms with Crippen LogP contribution in [0.1, 0.15) is 29.8 Å². The fourth-order valence-corrected chi connectivity index (χ4v) is 3.51. The number of ether oxygens (including phenoxy) is 1. The molecule has 7 heteroatoms. The highest BCUT2D eigenvalue weighted by molar-refractivity contribution is 6.03. The van der Waals surface area contributed by atoms with Crippen LogP contribution in [0.2, 0.25) is 0 Å². The predicted octanol–water partition coefficient (Wildman–Crippen LogP) is 3.09. The minimum Gasteiger partial charge on any atom is -0.497 e. The fraction of sp³-hybridized carbons (Fsp3) is 0.261. The molecule has 1 aliphatic heterocycles. The third kappa shape index (κ3) is 4.20. The number of carbonyl (C=O) groups is 3. The second kappa shape index (κ2) is 8.82. The Morgan fingerprint density at radius 1 is 1.10 bits per heavy atom. The average molecular weight is 408 g/mol. The first-order valence-corrected chi connectivity index (χ1v) is 9.60. The van der Waals surface area contributed by atoms with Crippen molar-refractivity contribution in [1.29, 1.82) is 0 Å². The number of carboxylic acid groups (broad SMARTS) is 1. The lowest BCUT2D eigenvalue weighted by Gasteiger charge is -2.40. The van der Waals surface area contributed by atoms with Crippen molar-refractivity contribution in [2.75, 3.05) is 13.7 Å². The summed E-state index contributed by atoms with van der Waals surface area (Å²) < 4.78 is 5.26. The zero-order valence-corrected chi connectivity index (χ0v) is 17.1. The van der Waals surface area contributed by atoms with E-state index in [1.165, 1.54) is 16.9 Å². The van der Waals surface area contributed by atoms with Gasteiger partial charge in [0.25, 0.3) is 11.8 Å². The van der Waals surface area contributed by atoms with Crippen LogP contribution in [0.5, 0.6) is 5.75 Å². The maximum atomic E-state index is 13.4. The van der Waals surface area contributed by atoms with Crippen LogP contribution in [-0.4, -0.2) is 52.4 Å². The molecule has 1 aliphatic rings. The monoisotopic (exact) mass is 408 g/mol. The van der Waals surface area contributed by atoms with E-state index in [0.29, 0.717) is 22.6 Å². The molecule has 0 radical (unpaired) electrons. The second-order valence-corrected chi connectivity index (χ2v) is 7.33. The number of rotatable bonds is 6. The number of aliphatic carboxylic acids is 1. The highest BCUT2D eigenvalue weighted by Gasteiger charge is 2.41. The second-order valence-electron chi connectivity index (χ2n) is 7.33. The molecule has 156 valence electrons. The molecule has 0 saturated carbocycles. The van der Waals surface area contributed by atoms with Crippen LogP contribution in [0, 0.1) is 5.92 Å². The zero-order chi connectivity index (χ0) is 21.8. The summed E-state index contributed by atoms with van der Waals surface area (Å²) >= 11 is 0. The Labute approximate surface area is 175 Å². The number of amides is 2. The molecule has 0 aliphatic carbocycles. The first kappa shape index (κ1) is 21.1. The van der Waals surface area contributed by atoms with Crippen molar-refractivity contribution in [3.63, 3.8) is 0 Å². The maximum absolute atomic E-state index is 13.4. The van der Waals surface area contributed by atoms with Gasteiger partial charge in [-0.2, -0.15) is 0 Å². The van der Waals surface area contributed by atoms with E-state index in [-0.39, 0.29) is 11.8 Å². The lowest BCUT2D eigenvalue weighted by molar-refractivity contribution is -0.144. The van der Waals surface area contributed by atoms with Crippen LogP contribution in [-0.2, 0) is 9.59 Å². The summed E-state index contributed by atoms with van der Waals surface area (Å²) in [5.74, 6) is -1.55. The molecule has 0 unspecified atom stereocenters. The Morgan fingerprint density at radius 2 is 1.80 bits per heavy atom. The van der Waals surface area contributed by atoms with Crippen molar-refractivity contribution in [2.24, 2.45) is 5.92 Å². The fourth-order valence-electron chi connectivity index (χ4n) is 3.51. The molecule has 0 spiro atoms. The summed E-state index contributed by atoms with van der Waals surface area (Å²) in [6.07, 6.45) is 1.57. The number of carbonyl (C=O) groups excluding carboxylic acids is 2. The molecule has 1 heterocycles. The van der Waals surface area contributed by atoms with Gasteiger partial charge in [-0.15, -0.1) is 0 Å². The number of benzene rings is 2. The van der Waals surface area contributed by atoms with Gasteiger partial charge in [0.2, 0.25) is 0 Å². The molecule has 3 rings (SSSR count). The number of hydrogen-bond donors (Lipinski definition) is 1. The number of carboxylic acids is 1. The first-order chi connectivity index (χ1) is 14.3. The van der Waals surface area contributed by atoms with Crippen molar-refractivity contribution in [3.05, 3.63) is 71.9 Å². The van der Waals surface area contributed by atoms with Crippen LogP contribution >= 0.6 is 0 Å². The quantitative estimate of drug-likeness (QED) is 0.794. The summed E-state index contributed by atoms with van der Waals surface area (Å²) in [5.41, 5.74) is 1.36. The Bertz CT molecular complexity index is 984. The van der Waals surface area contributed by atoms with Gasteiger partial charge in [-0.3, -0.25) is 19.3 Å². The van der Waals surface area contributed by atoms with Gasteiger partial charge in [0, 0.05) is 17.3 Å². The highest BCUT2D eigenvalue weighted by Crippen LogP contribution is 2.32. The van der Waals surface area contributed by atoms with Crippen LogP contribution in [0.15, 0.2) is 60.8 Å². The molecule has 7 nitrogen and oxygen atoms in total. The molecule has 2 amide bonds. The van der Waals surface area contributed by atoms with E-state index < -0.39 is 24.5 Å². The Balaban J connectivity index is 2.16. The first-order valence-electron chi connectivity index (χ1n) is 9.60. The number of hydrogen-bond acceptors (Lipinski definition) is 4. The van der Waals surface area contributed by atoms with E-state index in [4.69, 9.17) is 4.74 Å². The lowest BCUT2D eigenvalue weighted by Crippen LogP contribution is -2.55. The molecule has 2 aromatic rings. The normalized spacial score (nSPS) is 16.5. The highest BCUT2D eigenvalue weighted by atomic mass is 16.5. The van der Waals surface area contributed by atoms with Crippen molar-refractivity contribution < 1.29 is 24.2 Å². The topological polar surface area (TPSA) is 87.2 Å². The van der Waals surface area contributed by atoms with Gasteiger partial charge in [-0.1, -0.05) is 44.2 Å². The van der Waals surface area contributed by atoms with E-state index >= 15 is 0 Å². The van der Waals surface area contributed by atoms with E-state index in [0.717, 1.165) is 0 Å². The van der Waals surface area contributed by atoms with Gasteiger partial charge in [0.05, 0.1) is 12.8 Å². The standard InChI is InChI=1S/C23H24N2O5/c1-15(2)21-23(29)24(14-20(26)27)19(17-10-7-11-18(12-17)30-3)13-25(21)22(28)16-8-5-4-6-9-16/h4-13,15,21H,14H2,1-3H3,(H,26,27)/t21-/m0/s1. The van der Waals surface area contributed by atoms with E-state index in [9.17, 15) is 19.5 Å². The molecule has 1 atom stereocenters. The minimum absolute atomic E-state index is 0.218. The van der Waals surface area contributed by atoms with Gasteiger partial charge in [-0.05, 0) is 30.2 Å². The third-order valence-electron chi connectivity index (χ3n) is 4.92. The third-order valence-corrected chi connectivity index (χ3v) is 4.92. The molecule has 0 saturated heterocycles. The van der Waals surface area contributed by atoms with Gasteiger partial charge >= 0.3 is 5.97 Å². The summed E-state index contributed by atoms with van der Waals surface area (Å²) in [4.78, 5) is 40.8. The SMILES string of the molecule is COc1cccc(C2=CN(C(=O)c3ccccc3)[C@@H](C(C)C)C(=O)N2CC(=O)O)c1. The Morgan fingerprint density at radius 3 is 2.40 bits per heavy atom. The molecular formula is C23H24N2O5. The zero-order valence-electron chi connectivity index (χ0n) is 17.1. The Hall–Kier alpha value is -3.61. The van der Waals surface area contributed by atoms with Crippen molar-refractivity contribution >= 4 is 23.5 Å². The lowest BCUT2D eigenvalue weighted by atomic mass is 9.96.